The third-order valence-electron chi connectivity index (χ3n) is 2.73. The number of ether oxygens (including phenoxy) is 2. The molecule has 0 aliphatic rings. The maximum Gasteiger partial charge on any atom is 0.334 e. The lowest BCUT2D eigenvalue weighted by Crippen LogP contribution is -2.17. The molecular weight excluding hydrogens is 256 g/mol. The van der Waals surface area contributed by atoms with Gasteiger partial charge in [0.2, 0.25) is 0 Å². The predicted octanol–water partition coefficient (Wildman–Crippen LogP) is 3.79. The Hall–Kier alpha value is -1.32. The first-order valence-corrected chi connectivity index (χ1v) is 7.68. The second-order valence-electron chi connectivity index (χ2n) is 4.73. The Balaban J connectivity index is 5.18. The van der Waals surface area contributed by atoms with Crippen LogP contribution in [0.25, 0.3) is 0 Å². The lowest BCUT2D eigenvalue weighted by molar-refractivity contribution is -0.142. The van der Waals surface area contributed by atoms with E-state index < -0.39 is 0 Å². The van der Waals surface area contributed by atoms with E-state index in [1.165, 1.54) is 0 Å². The molecule has 0 aliphatic heterocycles. The minimum Gasteiger partial charge on any atom is -0.462 e. The molecule has 0 saturated carbocycles. The highest BCUT2D eigenvalue weighted by Gasteiger charge is 2.21. The van der Waals surface area contributed by atoms with Gasteiger partial charge in [-0.25, -0.2) is 9.59 Å². The molecule has 0 rings (SSSR count). The number of carbonyl (C=O) groups excluding carboxylic acids is 2. The molecule has 0 aromatic carbocycles. The monoisotopic (exact) mass is 284 g/mol. The zero-order chi connectivity index (χ0) is 15.4. The van der Waals surface area contributed by atoms with Crippen molar-refractivity contribution < 1.29 is 19.1 Å². The van der Waals surface area contributed by atoms with Gasteiger partial charge in [-0.3, -0.25) is 0 Å². The fourth-order valence-corrected chi connectivity index (χ4v) is 1.82. The highest BCUT2D eigenvalue weighted by atomic mass is 16.5. The van der Waals surface area contributed by atoms with Gasteiger partial charge in [-0.05, 0) is 25.7 Å². The van der Waals surface area contributed by atoms with E-state index in [1.54, 1.807) is 0 Å². The topological polar surface area (TPSA) is 52.6 Å². The average Bonchev–Trinajstić information content (AvgIpc) is 2.45. The molecule has 0 unspecified atom stereocenters. The van der Waals surface area contributed by atoms with Crippen LogP contribution in [0.3, 0.4) is 0 Å². The van der Waals surface area contributed by atoms with Gasteiger partial charge in [0.25, 0.3) is 0 Å². The summed E-state index contributed by atoms with van der Waals surface area (Å²) in [6.07, 6.45) is 4.25. The van der Waals surface area contributed by atoms with E-state index in [9.17, 15) is 9.59 Å². The van der Waals surface area contributed by atoms with Crippen LogP contribution in [0.1, 0.15) is 66.2 Å². The van der Waals surface area contributed by atoms with Gasteiger partial charge in [0.05, 0.1) is 13.2 Å². The van der Waals surface area contributed by atoms with Gasteiger partial charge in [0.15, 0.2) is 0 Å². The summed E-state index contributed by atoms with van der Waals surface area (Å²) in [5, 5.41) is 0. The first kappa shape index (κ1) is 18.7. The predicted molar refractivity (Wildman–Crippen MR) is 79.3 cm³/mol. The summed E-state index contributed by atoms with van der Waals surface area (Å²) < 4.78 is 10.4. The maximum atomic E-state index is 12.1. The Morgan fingerprint density at radius 1 is 0.650 bits per heavy atom. The SMILES string of the molecule is CCCOC(=O)/C(CCC)=C(\CCC)C(=O)OCCC. The van der Waals surface area contributed by atoms with Crippen LogP contribution in [0.5, 0.6) is 0 Å². The Kier molecular flexibility index (Phi) is 10.7. The van der Waals surface area contributed by atoms with Gasteiger partial charge in [0, 0.05) is 11.1 Å². The standard InChI is InChI=1S/C16H28O4/c1-5-9-13(15(17)19-11-7-3)14(10-6-2)16(18)20-12-8-4/h5-12H2,1-4H3/b14-13+. The minimum atomic E-state index is -0.370. The van der Waals surface area contributed by atoms with Gasteiger partial charge in [-0.2, -0.15) is 0 Å². The van der Waals surface area contributed by atoms with Crippen molar-refractivity contribution in [1.29, 1.82) is 0 Å². The summed E-state index contributed by atoms with van der Waals surface area (Å²) in [5.74, 6) is -0.740. The highest BCUT2D eigenvalue weighted by molar-refractivity contribution is 6.00. The Morgan fingerprint density at radius 3 is 1.25 bits per heavy atom. The van der Waals surface area contributed by atoms with Crippen LogP contribution < -0.4 is 0 Å². The zero-order valence-corrected chi connectivity index (χ0v) is 13.3. The van der Waals surface area contributed by atoms with Crippen molar-refractivity contribution in [2.24, 2.45) is 0 Å². The average molecular weight is 284 g/mol. The van der Waals surface area contributed by atoms with Gasteiger partial charge in [-0.15, -0.1) is 0 Å². The smallest absolute Gasteiger partial charge is 0.334 e. The summed E-state index contributed by atoms with van der Waals surface area (Å²) >= 11 is 0. The van der Waals surface area contributed by atoms with Crippen molar-refractivity contribution in [3.8, 4) is 0 Å². The van der Waals surface area contributed by atoms with Gasteiger partial charge in [0.1, 0.15) is 0 Å². The molecule has 0 saturated heterocycles. The van der Waals surface area contributed by atoms with E-state index in [1.807, 2.05) is 27.7 Å². The quantitative estimate of drug-likeness (QED) is 0.452. The van der Waals surface area contributed by atoms with Crippen LogP contribution in [0, 0.1) is 0 Å². The van der Waals surface area contributed by atoms with Crippen LogP contribution >= 0.6 is 0 Å². The molecule has 20 heavy (non-hydrogen) atoms. The lowest BCUT2D eigenvalue weighted by atomic mass is 10.00. The lowest BCUT2D eigenvalue weighted by Gasteiger charge is -2.13. The molecule has 0 N–H and O–H groups in total. The molecule has 0 spiro atoms. The summed E-state index contributed by atoms with van der Waals surface area (Å²) in [6.45, 7) is 8.62. The fourth-order valence-electron chi connectivity index (χ4n) is 1.82. The molecule has 0 atom stereocenters. The molecule has 0 aromatic heterocycles. The van der Waals surface area contributed by atoms with Crippen LogP contribution in [0.2, 0.25) is 0 Å². The number of hydrogen-bond donors (Lipinski definition) is 0. The fraction of sp³-hybridized carbons (Fsp3) is 0.750. The third-order valence-corrected chi connectivity index (χ3v) is 2.73. The molecule has 0 aliphatic carbocycles. The Bertz CT molecular complexity index is 299. The third kappa shape index (κ3) is 6.73. The Morgan fingerprint density at radius 2 is 1.00 bits per heavy atom. The van der Waals surface area contributed by atoms with Crippen LogP contribution in [-0.4, -0.2) is 25.2 Å². The van der Waals surface area contributed by atoms with Gasteiger partial charge < -0.3 is 9.47 Å². The van der Waals surface area contributed by atoms with Crippen molar-refractivity contribution in [2.75, 3.05) is 13.2 Å². The zero-order valence-electron chi connectivity index (χ0n) is 13.3. The molecule has 0 radical (unpaired) electrons. The first-order valence-electron chi connectivity index (χ1n) is 7.68. The minimum absolute atomic E-state index is 0.370. The van der Waals surface area contributed by atoms with Crippen molar-refractivity contribution in [2.45, 2.75) is 66.2 Å². The summed E-state index contributed by atoms with van der Waals surface area (Å²) in [5.41, 5.74) is 0.979. The number of esters is 2. The van der Waals surface area contributed by atoms with Crippen LogP contribution in [-0.2, 0) is 19.1 Å². The second-order valence-corrected chi connectivity index (χ2v) is 4.73. The van der Waals surface area contributed by atoms with Crippen molar-refractivity contribution in [1.82, 2.24) is 0 Å². The van der Waals surface area contributed by atoms with E-state index in [-0.39, 0.29) is 11.9 Å². The molecular formula is C16H28O4. The van der Waals surface area contributed by atoms with Crippen molar-refractivity contribution in [3.05, 3.63) is 11.1 Å². The van der Waals surface area contributed by atoms with E-state index >= 15 is 0 Å². The van der Waals surface area contributed by atoms with Gasteiger partial charge >= 0.3 is 11.9 Å². The maximum absolute atomic E-state index is 12.1. The molecule has 116 valence electrons. The largest absolute Gasteiger partial charge is 0.462 e. The van der Waals surface area contributed by atoms with Crippen LogP contribution in [0.4, 0.5) is 0 Å². The van der Waals surface area contributed by atoms with Crippen molar-refractivity contribution in [3.63, 3.8) is 0 Å². The molecule has 0 fully saturated rings. The van der Waals surface area contributed by atoms with E-state index in [2.05, 4.69) is 0 Å². The number of carbonyl (C=O) groups is 2. The summed E-state index contributed by atoms with van der Waals surface area (Å²) in [7, 11) is 0. The molecule has 0 aromatic rings. The second kappa shape index (κ2) is 11.5. The first-order chi connectivity index (χ1) is 9.62. The molecule has 0 amide bonds. The Labute approximate surface area is 122 Å². The van der Waals surface area contributed by atoms with Gasteiger partial charge in [-0.1, -0.05) is 40.5 Å². The number of hydrogen-bond acceptors (Lipinski definition) is 4. The highest BCUT2D eigenvalue weighted by Crippen LogP contribution is 2.19. The van der Waals surface area contributed by atoms with Crippen LogP contribution in [0.15, 0.2) is 11.1 Å². The molecule has 0 heterocycles. The van der Waals surface area contributed by atoms with Crippen molar-refractivity contribution >= 4 is 11.9 Å². The van der Waals surface area contributed by atoms with E-state index in [0.29, 0.717) is 37.2 Å². The van der Waals surface area contributed by atoms with E-state index in [4.69, 9.17) is 9.47 Å². The summed E-state index contributed by atoms with van der Waals surface area (Å²) in [6, 6.07) is 0. The molecule has 4 nitrogen and oxygen atoms in total. The molecule has 0 bridgehead atoms. The molecule has 4 heteroatoms. The summed E-state index contributed by atoms with van der Waals surface area (Å²) in [4.78, 5) is 24.2. The number of rotatable bonds is 10. The van der Waals surface area contributed by atoms with E-state index in [0.717, 1.165) is 25.7 Å². The normalized spacial score (nSPS) is 11.8.